The van der Waals surface area contributed by atoms with Gasteiger partial charge in [-0.2, -0.15) is 0 Å². The summed E-state index contributed by atoms with van der Waals surface area (Å²) in [7, 11) is 0. The Morgan fingerprint density at radius 3 is 2.71 bits per heavy atom. The number of aromatic nitrogens is 2. The van der Waals surface area contributed by atoms with Crippen LogP contribution < -0.4 is 5.32 Å². The molecule has 21 heavy (non-hydrogen) atoms. The number of aryl methyl sites for hydroxylation is 1. The fourth-order valence-electron chi connectivity index (χ4n) is 2.19. The minimum absolute atomic E-state index is 0.207. The Morgan fingerprint density at radius 2 is 2.10 bits per heavy atom. The van der Waals surface area contributed by atoms with Gasteiger partial charge in [-0.1, -0.05) is 22.9 Å². The van der Waals surface area contributed by atoms with Crippen molar-refractivity contribution < 1.29 is 4.39 Å². The van der Waals surface area contributed by atoms with Crippen molar-refractivity contribution in [3.63, 3.8) is 0 Å². The quantitative estimate of drug-likeness (QED) is 0.866. The number of halogens is 2. The SMILES string of the molecule is CCCNC(C)c1cnc(-c2cc(F)cc(Br)c2)nc1C. The third-order valence-electron chi connectivity index (χ3n) is 3.31. The van der Waals surface area contributed by atoms with Gasteiger partial charge in [0.15, 0.2) is 5.82 Å². The minimum Gasteiger partial charge on any atom is -0.310 e. The topological polar surface area (TPSA) is 37.8 Å². The Kier molecular flexibility index (Phi) is 5.42. The summed E-state index contributed by atoms with van der Waals surface area (Å²) in [5.41, 5.74) is 2.66. The minimum atomic E-state index is -0.303. The highest BCUT2D eigenvalue weighted by atomic mass is 79.9. The standard InChI is InChI=1S/C16H19BrFN3/c1-4-5-19-10(2)15-9-20-16(21-11(15)3)12-6-13(17)8-14(18)7-12/h6-10,19H,4-5H2,1-3H3. The van der Waals surface area contributed by atoms with Crippen LogP contribution >= 0.6 is 15.9 Å². The number of benzene rings is 1. The van der Waals surface area contributed by atoms with Crippen LogP contribution in [0, 0.1) is 12.7 Å². The summed E-state index contributed by atoms with van der Waals surface area (Å²) in [6.45, 7) is 7.14. The summed E-state index contributed by atoms with van der Waals surface area (Å²) in [4.78, 5) is 8.90. The van der Waals surface area contributed by atoms with Gasteiger partial charge < -0.3 is 5.32 Å². The summed E-state index contributed by atoms with van der Waals surface area (Å²) < 4.78 is 14.1. The predicted octanol–water partition coefficient (Wildman–Crippen LogP) is 4.41. The Balaban J connectivity index is 2.30. The summed E-state index contributed by atoms with van der Waals surface area (Å²) >= 11 is 3.29. The van der Waals surface area contributed by atoms with E-state index in [2.05, 4.69) is 45.1 Å². The number of hydrogen-bond acceptors (Lipinski definition) is 3. The average molecular weight is 352 g/mol. The molecule has 0 bridgehead atoms. The van der Waals surface area contributed by atoms with E-state index in [1.54, 1.807) is 0 Å². The first-order chi connectivity index (χ1) is 10.0. The molecule has 0 saturated carbocycles. The van der Waals surface area contributed by atoms with Crippen molar-refractivity contribution in [1.29, 1.82) is 0 Å². The molecule has 1 aromatic carbocycles. The van der Waals surface area contributed by atoms with Gasteiger partial charge in [-0.15, -0.1) is 0 Å². The van der Waals surface area contributed by atoms with Crippen molar-refractivity contribution in [2.75, 3.05) is 6.54 Å². The zero-order valence-electron chi connectivity index (χ0n) is 12.5. The van der Waals surface area contributed by atoms with Gasteiger partial charge in [-0.3, -0.25) is 0 Å². The molecule has 1 atom stereocenters. The average Bonchev–Trinajstić information content (AvgIpc) is 2.43. The highest BCUT2D eigenvalue weighted by molar-refractivity contribution is 9.10. The highest BCUT2D eigenvalue weighted by Gasteiger charge is 2.12. The number of rotatable bonds is 5. The van der Waals surface area contributed by atoms with Crippen LogP contribution in [0.5, 0.6) is 0 Å². The second kappa shape index (κ2) is 7.09. The molecule has 0 fully saturated rings. The summed E-state index contributed by atoms with van der Waals surface area (Å²) in [6, 6.07) is 4.88. The van der Waals surface area contributed by atoms with E-state index < -0.39 is 0 Å². The van der Waals surface area contributed by atoms with Crippen LogP contribution in [-0.2, 0) is 0 Å². The van der Waals surface area contributed by atoms with Crippen molar-refractivity contribution >= 4 is 15.9 Å². The van der Waals surface area contributed by atoms with Gasteiger partial charge in [0.05, 0.1) is 0 Å². The molecule has 0 aliphatic rings. The van der Waals surface area contributed by atoms with Gasteiger partial charge in [0.2, 0.25) is 0 Å². The van der Waals surface area contributed by atoms with Crippen molar-refractivity contribution in [1.82, 2.24) is 15.3 Å². The summed E-state index contributed by atoms with van der Waals surface area (Å²) in [5.74, 6) is 0.238. The van der Waals surface area contributed by atoms with Gasteiger partial charge >= 0.3 is 0 Å². The normalized spacial score (nSPS) is 12.4. The van der Waals surface area contributed by atoms with Crippen molar-refractivity contribution in [2.45, 2.75) is 33.2 Å². The molecular weight excluding hydrogens is 333 g/mol. The lowest BCUT2D eigenvalue weighted by Gasteiger charge is -2.15. The van der Waals surface area contributed by atoms with Gasteiger partial charge in [-0.25, -0.2) is 14.4 Å². The van der Waals surface area contributed by atoms with Crippen LogP contribution in [0.15, 0.2) is 28.9 Å². The smallest absolute Gasteiger partial charge is 0.159 e. The molecule has 1 aromatic heterocycles. The fourth-order valence-corrected chi connectivity index (χ4v) is 2.66. The molecule has 2 rings (SSSR count). The van der Waals surface area contributed by atoms with E-state index in [0.717, 1.165) is 24.2 Å². The van der Waals surface area contributed by atoms with E-state index in [0.29, 0.717) is 15.9 Å². The van der Waals surface area contributed by atoms with E-state index in [9.17, 15) is 4.39 Å². The summed E-state index contributed by atoms with van der Waals surface area (Å²) in [5, 5.41) is 3.42. The van der Waals surface area contributed by atoms with Crippen LogP contribution in [0.25, 0.3) is 11.4 Å². The fraction of sp³-hybridized carbons (Fsp3) is 0.375. The monoisotopic (exact) mass is 351 g/mol. The largest absolute Gasteiger partial charge is 0.310 e. The molecule has 0 aliphatic heterocycles. The van der Waals surface area contributed by atoms with Gasteiger partial charge in [0.1, 0.15) is 5.82 Å². The van der Waals surface area contributed by atoms with Crippen LogP contribution in [0.3, 0.4) is 0 Å². The molecule has 3 nitrogen and oxygen atoms in total. The molecule has 0 saturated heterocycles. The van der Waals surface area contributed by atoms with E-state index in [1.165, 1.54) is 12.1 Å². The van der Waals surface area contributed by atoms with E-state index in [-0.39, 0.29) is 11.9 Å². The van der Waals surface area contributed by atoms with Crippen LogP contribution in [-0.4, -0.2) is 16.5 Å². The van der Waals surface area contributed by atoms with E-state index in [1.807, 2.05) is 19.2 Å². The molecule has 0 amide bonds. The molecule has 0 spiro atoms. The molecule has 112 valence electrons. The Labute approximate surface area is 133 Å². The number of nitrogens with zero attached hydrogens (tertiary/aromatic N) is 2. The van der Waals surface area contributed by atoms with E-state index in [4.69, 9.17) is 0 Å². The first kappa shape index (κ1) is 16.0. The van der Waals surface area contributed by atoms with Crippen LogP contribution in [0.4, 0.5) is 4.39 Å². The first-order valence-corrected chi connectivity index (χ1v) is 7.84. The van der Waals surface area contributed by atoms with E-state index >= 15 is 0 Å². The first-order valence-electron chi connectivity index (χ1n) is 7.04. The second-order valence-corrected chi connectivity index (χ2v) is 5.98. The lowest BCUT2D eigenvalue weighted by molar-refractivity contribution is 0.564. The van der Waals surface area contributed by atoms with Crippen molar-refractivity contribution in [2.24, 2.45) is 0 Å². The lowest BCUT2D eigenvalue weighted by Crippen LogP contribution is -2.20. The zero-order chi connectivity index (χ0) is 15.4. The van der Waals surface area contributed by atoms with Gasteiger partial charge in [-0.05, 0) is 45.0 Å². The van der Waals surface area contributed by atoms with Crippen LogP contribution in [0.1, 0.15) is 37.6 Å². The maximum atomic E-state index is 13.5. The predicted molar refractivity (Wildman–Crippen MR) is 86.6 cm³/mol. The third kappa shape index (κ3) is 4.08. The number of nitrogens with one attached hydrogen (secondary N) is 1. The molecule has 1 unspecified atom stereocenters. The molecule has 1 heterocycles. The van der Waals surface area contributed by atoms with Gasteiger partial charge in [0, 0.05) is 33.5 Å². The maximum Gasteiger partial charge on any atom is 0.159 e. The van der Waals surface area contributed by atoms with Crippen LogP contribution in [0.2, 0.25) is 0 Å². The third-order valence-corrected chi connectivity index (χ3v) is 3.76. The Bertz CT molecular complexity index is 611. The Hall–Kier alpha value is -1.33. The lowest BCUT2D eigenvalue weighted by atomic mass is 10.1. The van der Waals surface area contributed by atoms with Crippen molar-refractivity contribution in [3.8, 4) is 11.4 Å². The molecule has 0 radical (unpaired) electrons. The second-order valence-electron chi connectivity index (χ2n) is 5.07. The maximum absolute atomic E-state index is 13.5. The van der Waals surface area contributed by atoms with Gasteiger partial charge in [0.25, 0.3) is 0 Å². The molecule has 0 aliphatic carbocycles. The Morgan fingerprint density at radius 1 is 1.33 bits per heavy atom. The zero-order valence-corrected chi connectivity index (χ0v) is 14.0. The van der Waals surface area contributed by atoms with Crippen molar-refractivity contribution in [3.05, 3.63) is 45.9 Å². The molecule has 1 N–H and O–H groups in total. The summed E-state index contributed by atoms with van der Waals surface area (Å²) in [6.07, 6.45) is 2.91. The number of hydrogen-bond donors (Lipinski definition) is 1. The highest BCUT2D eigenvalue weighted by Crippen LogP contribution is 2.24. The molecule has 2 aromatic rings. The molecular formula is C16H19BrFN3. The molecule has 5 heteroatoms.